The molecule has 0 amide bonds. The van der Waals surface area contributed by atoms with Crippen molar-refractivity contribution in [1.82, 2.24) is 10.0 Å². The van der Waals surface area contributed by atoms with Gasteiger partial charge in [-0.15, -0.1) is 0 Å². The van der Waals surface area contributed by atoms with Gasteiger partial charge in [0.2, 0.25) is 5.43 Å². The molecule has 4 rings (SSSR count). The van der Waals surface area contributed by atoms with E-state index >= 15 is 4.39 Å². The molecule has 1 fully saturated rings. The molecule has 1 aliphatic heterocycles. The number of benzene rings is 1. The first kappa shape index (κ1) is 19.4. The van der Waals surface area contributed by atoms with E-state index in [-0.39, 0.29) is 17.0 Å². The number of hydrogen-bond acceptors (Lipinski definition) is 6. The van der Waals surface area contributed by atoms with Crippen molar-refractivity contribution in [2.45, 2.75) is 25.8 Å². The van der Waals surface area contributed by atoms with E-state index in [9.17, 15) is 14.7 Å². The van der Waals surface area contributed by atoms with Crippen LogP contribution in [0.3, 0.4) is 0 Å². The van der Waals surface area contributed by atoms with E-state index in [2.05, 4.69) is 5.48 Å². The minimum absolute atomic E-state index is 0.0676. The summed E-state index contributed by atoms with van der Waals surface area (Å²) in [5, 5.41) is 9.43. The summed E-state index contributed by atoms with van der Waals surface area (Å²) in [6.45, 7) is 2.71. The van der Waals surface area contributed by atoms with Crippen molar-refractivity contribution in [3.8, 4) is 0 Å². The van der Waals surface area contributed by atoms with Crippen LogP contribution in [0.25, 0.3) is 10.9 Å². The molecule has 1 unspecified atom stereocenters. The molecular formula is C20H23FN4O4. The molecule has 1 aromatic carbocycles. The monoisotopic (exact) mass is 402 g/mol. The largest absolute Gasteiger partial charge is 0.477 e. The second-order valence-corrected chi connectivity index (χ2v) is 7.88. The molecule has 154 valence electrons. The third-order valence-electron chi connectivity index (χ3n) is 5.70. The lowest BCUT2D eigenvalue weighted by Gasteiger charge is -2.27. The number of carboxylic acid groups (broad SMARTS) is 1. The number of aromatic carboxylic acids is 1. The van der Waals surface area contributed by atoms with Crippen LogP contribution in [0, 0.1) is 11.2 Å². The minimum Gasteiger partial charge on any atom is -0.477 e. The molecule has 0 radical (unpaired) electrons. The fourth-order valence-electron chi connectivity index (χ4n) is 3.79. The first-order valence-corrected chi connectivity index (χ1v) is 9.39. The molecule has 1 saturated carbocycles. The molecule has 1 atom stereocenters. The van der Waals surface area contributed by atoms with Crippen molar-refractivity contribution in [3.05, 3.63) is 51.8 Å². The van der Waals surface area contributed by atoms with Crippen molar-refractivity contribution in [2.75, 3.05) is 25.1 Å². The Kier molecular flexibility index (Phi) is 4.59. The van der Waals surface area contributed by atoms with Gasteiger partial charge in [0.1, 0.15) is 11.4 Å². The Hall–Kier alpha value is -2.91. The van der Waals surface area contributed by atoms with Crippen molar-refractivity contribution in [2.24, 2.45) is 11.1 Å². The van der Waals surface area contributed by atoms with E-state index < -0.39 is 22.6 Å². The lowest BCUT2D eigenvalue weighted by atomic mass is 9.89. The number of rotatable bonds is 6. The maximum atomic E-state index is 15.1. The van der Waals surface area contributed by atoms with Crippen LogP contribution in [0.2, 0.25) is 0 Å². The second-order valence-electron chi connectivity index (χ2n) is 7.88. The summed E-state index contributed by atoms with van der Waals surface area (Å²) < 4.78 is 16.8. The Morgan fingerprint density at radius 2 is 2.17 bits per heavy atom. The number of pyridine rings is 1. The maximum absolute atomic E-state index is 15.1. The summed E-state index contributed by atoms with van der Waals surface area (Å²) in [6, 6.07) is 2.86. The molecule has 29 heavy (non-hydrogen) atoms. The highest BCUT2D eigenvalue weighted by Gasteiger charge is 2.37. The average Bonchev–Trinajstić information content (AvgIpc) is 3.47. The zero-order valence-corrected chi connectivity index (χ0v) is 16.2. The van der Waals surface area contributed by atoms with Gasteiger partial charge in [-0.3, -0.25) is 15.1 Å². The third-order valence-corrected chi connectivity index (χ3v) is 5.70. The van der Waals surface area contributed by atoms with Crippen LogP contribution < -0.4 is 21.5 Å². The number of anilines is 1. The number of hydrogen-bond donors (Lipinski definition) is 3. The fourth-order valence-corrected chi connectivity index (χ4v) is 3.79. The van der Waals surface area contributed by atoms with Gasteiger partial charge in [0.15, 0.2) is 0 Å². The zero-order chi connectivity index (χ0) is 20.9. The Morgan fingerprint density at radius 1 is 1.45 bits per heavy atom. The lowest BCUT2D eigenvalue weighted by molar-refractivity contribution is 0.0695. The summed E-state index contributed by atoms with van der Waals surface area (Å²) in [5.74, 6) is -1.92. The normalized spacial score (nSPS) is 21.5. The standard InChI is InChI=1S/C20H23FN4O4/c1-20(9-22)10-24(8-17(20)23-29-2)16-6-15-12(5-14(16)21)18(26)13(19(27)28)7-25(15)11-3-4-11/h5-8,11,23H,3-4,9-10,22H2,1-2H3,(H,27,28). The first-order chi connectivity index (χ1) is 13.8. The second kappa shape index (κ2) is 6.85. The summed E-state index contributed by atoms with van der Waals surface area (Å²) in [4.78, 5) is 30.8. The topological polar surface area (TPSA) is 110 Å². The van der Waals surface area contributed by atoms with Gasteiger partial charge < -0.3 is 20.3 Å². The molecule has 1 aromatic heterocycles. The smallest absolute Gasteiger partial charge is 0.341 e. The number of nitrogens with two attached hydrogens (primary N) is 1. The van der Waals surface area contributed by atoms with E-state index in [4.69, 9.17) is 10.6 Å². The van der Waals surface area contributed by atoms with Crippen LogP contribution in [-0.4, -0.2) is 35.8 Å². The van der Waals surface area contributed by atoms with Crippen molar-refractivity contribution >= 4 is 22.6 Å². The van der Waals surface area contributed by atoms with E-state index in [0.29, 0.717) is 24.3 Å². The Bertz CT molecular complexity index is 1090. The van der Waals surface area contributed by atoms with Crippen molar-refractivity contribution in [1.29, 1.82) is 0 Å². The highest BCUT2D eigenvalue weighted by molar-refractivity contribution is 5.93. The number of halogens is 1. The van der Waals surface area contributed by atoms with Gasteiger partial charge in [-0.05, 0) is 25.0 Å². The zero-order valence-electron chi connectivity index (χ0n) is 16.2. The molecule has 8 nitrogen and oxygen atoms in total. The SMILES string of the molecule is CONC1=CN(c2cc3c(cc2F)c(=O)c(C(=O)O)cn3C2CC2)CC1(C)CN. The van der Waals surface area contributed by atoms with Gasteiger partial charge in [0, 0.05) is 42.3 Å². The Labute approximate surface area is 166 Å². The molecule has 0 bridgehead atoms. The number of nitrogens with zero attached hydrogens (tertiary/aromatic N) is 2. The van der Waals surface area contributed by atoms with Crippen molar-refractivity contribution < 1.29 is 19.1 Å². The minimum atomic E-state index is -1.31. The van der Waals surface area contributed by atoms with Gasteiger partial charge in [0.25, 0.3) is 0 Å². The third kappa shape index (κ3) is 3.16. The number of aromatic nitrogens is 1. The quantitative estimate of drug-likeness (QED) is 0.634. The number of carboxylic acids is 1. The fraction of sp³-hybridized carbons (Fsp3) is 0.400. The molecule has 9 heteroatoms. The molecule has 4 N–H and O–H groups in total. The predicted molar refractivity (Wildman–Crippen MR) is 106 cm³/mol. The Morgan fingerprint density at radius 3 is 2.76 bits per heavy atom. The van der Waals surface area contributed by atoms with Gasteiger partial charge in [-0.25, -0.2) is 9.18 Å². The van der Waals surface area contributed by atoms with E-state index in [0.717, 1.165) is 24.6 Å². The molecule has 0 saturated heterocycles. The maximum Gasteiger partial charge on any atom is 0.341 e. The molecule has 0 spiro atoms. The van der Waals surface area contributed by atoms with Crippen LogP contribution >= 0.6 is 0 Å². The highest BCUT2D eigenvalue weighted by atomic mass is 19.1. The first-order valence-electron chi connectivity index (χ1n) is 9.39. The molecule has 1 aliphatic carbocycles. The predicted octanol–water partition coefficient (Wildman–Crippen LogP) is 1.95. The van der Waals surface area contributed by atoms with Crippen LogP contribution in [0.1, 0.15) is 36.2 Å². The summed E-state index contributed by atoms with van der Waals surface area (Å²) in [5.41, 5.74) is 8.80. The van der Waals surface area contributed by atoms with E-state index in [1.165, 1.54) is 13.3 Å². The molecular weight excluding hydrogens is 379 g/mol. The summed E-state index contributed by atoms with van der Waals surface area (Å²) in [7, 11) is 1.49. The Balaban J connectivity index is 1.88. The number of hydroxylamine groups is 1. The summed E-state index contributed by atoms with van der Waals surface area (Å²) >= 11 is 0. The van der Waals surface area contributed by atoms with E-state index in [1.54, 1.807) is 21.7 Å². The van der Waals surface area contributed by atoms with Crippen molar-refractivity contribution in [3.63, 3.8) is 0 Å². The van der Waals surface area contributed by atoms with Gasteiger partial charge >= 0.3 is 5.97 Å². The molecule has 2 aliphatic rings. The number of nitrogens with one attached hydrogen (secondary N) is 1. The van der Waals surface area contributed by atoms with Crippen LogP contribution in [0.15, 0.2) is 35.0 Å². The summed E-state index contributed by atoms with van der Waals surface area (Å²) in [6.07, 6.45) is 4.89. The number of fused-ring (bicyclic) bond motifs is 1. The average molecular weight is 402 g/mol. The van der Waals surface area contributed by atoms with Gasteiger partial charge in [-0.1, -0.05) is 6.92 Å². The molecule has 2 aromatic rings. The highest BCUT2D eigenvalue weighted by Crippen LogP contribution is 2.40. The van der Waals surface area contributed by atoms with Crippen LogP contribution in [0.4, 0.5) is 10.1 Å². The van der Waals surface area contributed by atoms with Crippen LogP contribution in [0.5, 0.6) is 0 Å². The number of carbonyl (C=O) groups is 1. The van der Waals surface area contributed by atoms with E-state index in [1.807, 2.05) is 6.92 Å². The van der Waals surface area contributed by atoms with Gasteiger partial charge in [0.05, 0.1) is 24.0 Å². The molecule has 2 heterocycles. The van der Waals surface area contributed by atoms with Gasteiger partial charge in [-0.2, -0.15) is 0 Å². The lowest BCUT2D eigenvalue weighted by Crippen LogP contribution is -2.37. The van der Waals surface area contributed by atoms with Crippen LogP contribution in [-0.2, 0) is 4.84 Å².